The molecule has 0 heterocycles. The van der Waals surface area contributed by atoms with Crippen LogP contribution in [0.1, 0.15) is 29.8 Å². The third-order valence-electron chi connectivity index (χ3n) is 2.56. The van der Waals surface area contributed by atoms with Crippen molar-refractivity contribution in [3.05, 3.63) is 29.3 Å². The summed E-state index contributed by atoms with van der Waals surface area (Å²) in [5.41, 5.74) is 2.96. The first kappa shape index (κ1) is 10.8. The van der Waals surface area contributed by atoms with Crippen LogP contribution in [0, 0.1) is 6.92 Å². The molecule has 0 amide bonds. The maximum absolute atomic E-state index is 10.6. The van der Waals surface area contributed by atoms with Gasteiger partial charge in [-0.15, -0.1) is 0 Å². The molecule has 0 fully saturated rings. The smallest absolute Gasteiger partial charge is 0.150 e. The fourth-order valence-corrected chi connectivity index (χ4v) is 1.31. The minimum atomic E-state index is 0.469. The van der Waals surface area contributed by atoms with Crippen LogP contribution in [0.25, 0.3) is 0 Å². The molecule has 0 unspecified atom stereocenters. The highest BCUT2D eigenvalue weighted by molar-refractivity contribution is 5.78. The monoisotopic (exact) mass is 191 g/mol. The van der Waals surface area contributed by atoms with Crippen molar-refractivity contribution in [1.82, 2.24) is 0 Å². The highest BCUT2D eigenvalue weighted by Gasteiger charge is 2.06. The molecule has 0 aromatic heterocycles. The van der Waals surface area contributed by atoms with Crippen LogP contribution in [0.15, 0.2) is 18.2 Å². The second-order valence-electron chi connectivity index (χ2n) is 3.86. The summed E-state index contributed by atoms with van der Waals surface area (Å²) < 4.78 is 0. The second kappa shape index (κ2) is 4.27. The molecule has 0 atom stereocenters. The van der Waals surface area contributed by atoms with E-state index in [1.807, 2.05) is 25.1 Å². The second-order valence-corrected chi connectivity index (χ2v) is 3.86. The molecular weight excluding hydrogens is 174 g/mol. The third-order valence-corrected chi connectivity index (χ3v) is 2.56. The summed E-state index contributed by atoms with van der Waals surface area (Å²) in [4.78, 5) is 12.8. The largest absolute Gasteiger partial charge is 0.372 e. The Morgan fingerprint density at radius 1 is 1.36 bits per heavy atom. The van der Waals surface area contributed by atoms with E-state index in [0.717, 1.165) is 23.1 Å². The molecule has 0 bridgehead atoms. The van der Waals surface area contributed by atoms with Crippen LogP contribution in [0.3, 0.4) is 0 Å². The lowest BCUT2D eigenvalue weighted by Gasteiger charge is -2.24. The topological polar surface area (TPSA) is 20.3 Å². The van der Waals surface area contributed by atoms with E-state index in [2.05, 4.69) is 25.8 Å². The van der Waals surface area contributed by atoms with Gasteiger partial charge in [0.25, 0.3) is 0 Å². The zero-order valence-corrected chi connectivity index (χ0v) is 9.24. The number of rotatable bonds is 3. The van der Waals surface area contributed by atoms with E-state index in [9.17, 15) is 4.79 Å². The molecule has 0 aliphatic carbocycles. The molecule has 0 radical (unpaired) electrons. The number of nitrogens with zero attached hydrogens (tertiary/aromatic N) is 1. The summed E-state index contributed by atoms with van der Waals surface area (Å²) in [5, 5.41) is 0. The van der Waals surface area contributed by atoms with Gasteiger partial charge >= 0.3 is 0 Å². The summed E-state index contributed by atoms with van der Waals surface area (Å²) in [6.45, 7) is 6.24. The van der Waals surface area contributed by atoms with Crippen molar-refractivity contribution in [2.24, 2.45) is 0 Å². The Balaban J connectivity index is 3.02. The van der Waals surface area contributed by atoms with E-state index >= 15 is 0 Å². The fourth-order valence-electron chi connectivity index (χ4n) is 1.31. The number of carbonyl (C=O) groups is 1. The van der Waals surface area contributed by atoms with E-state index in [-0.39, 0.29) is 0 Å². The molecule has 0 N–H and O–H groups in total. The zero-order chi connectivity index (χ0) is 10.7. The van der Waals surface area contributed by atoms with E-state index in [4.69, 9.17) is 0 Å². The Morgan fingerprint density at radius 2 is 2.00 bits per heavy atom. The number of hydrogen-bond acceptors (Lipinski definition) is 2. The van der Waals surface area contributed by atoms with Gasteiger partial charge in [-0.3, -0.25) is 4.79 Å². The maximum atomic E-state index is 10.6. The van der Waals surface area contributed by atoms with Crippen LogP contribution in [0.2, 0.25) is 0 Å². The molecular formula is C12H17NO. The average Bonchev–Trinajstić information content (AvgIpc) is 2.16. The number of carbonyl (C=O) groups excluding carboxylic acids is 1. The van der Waals surface area contributed by atoms with Gasteiger partial charge in [0.05, 0.1) is 0 Å². The normalized spacial score (nSPS) is 10.4. The lowest BCUT2D eigenvalue weighted by molar-refractivity contribution is 0.112. The summed E-state index contributed by atoms with van der Waals surface area (Å²) in [7, 11) is 2.06. The van der Waals surface area contributed by atoms with Crippen LogP contribution in [-0.4, -0.2) is 19.4 Å². The van der Waals surface area contributed by atoms with E-state index in [0.29, 0.717) is 6.04 Å². The van der Waals surface area contributed by atoms with Crippen LogP contribution < -0.4 is 4.90 Å². The Hall–Kier alpha value is -1.31. The Morgan fingerprint density at radius 3 is 2.43 bits per heavy atom. The van der Waals surface area contributed by atoms with Gasteiger partial charge < -0.3 is 4.90 Å². The molecule has 76 valence electrons. The zero-order valence-electron chi connectivity index (χ0n) is 9.24. The van der Waals surface area contributed by atoms with Crippen molar-refractivity contribution < 1.29 is 4.79 Å². The van der Waals surface area contributed by atoms with Crippen LogP contribution in [0.4, 0.5) is 5.69 Å². The van der Waals surface area contributed by atoms with Gasteiger partial charge in [0.2, 0.25) is 0 Å². The first-order valence-corrected chi connectivity index (χ1v) is 4.85. The maximum Gasteiger partial charge on any atom is 0.150 e. The third kappa shape index (κ3) is 2.13. The predicted molar refractivity (Wildman–Crippen MR) is 60.1 cm³/mol. The molecule has 14 heavy (non-hydrogen) atoms. The summed E-state index contributed by atoms with van der Waals surface area (Å²) >= 11 is 0. The van der Waals surface area contributed by atoms with E-state index in [1.54, 1.807) is 0 Å². The fraction of sp³-hybridized carbons (Fsp3) is 0.417. The van der Waals surface area contributed by atoms with Crippen molar-refractivity contribution >= 4 is 12.0 Å². The quantitative estimate of drug-likeness (QED) is 0.684. The highest BCUT2D eigenvalue weighted by Crippen LogP contribution is 2.18. The van der Waals surface area contributed by atoms with Crippen molar-refractivity contribution in [2.75, 3.05) is 11.9 Å². The van der Waals surface area contributed by atoms with Gasteiger partial charge in [-0.05, 0) is 44.5 Å². The van der Waals surface area contributed by atoms with Gasteiger partial charge in [-0.1, -0.05) is 0 Å². The lowest BCUT2D eigenvalue weighted by atomic mass is 10.1. The number of aldehydes is 1. The van der Waals surface area contributed by atoms with E-state index in [1.165, 1.54) is 0 Å². The number of hydrogen-bond donors (Lipinski definition) is 0. The molecule has 2 heteroatoms. The number of aryl methyl sites for hydroxylation is 1. The summed E-state index contributed by atoms with van der Waals surface area (Å²) in [5.74, 6) is 0. The Labute approximate surface area is 85.5 Å². The van der Waals surface area contributed by atoms with Gasteiger partial charge in [0, 0.05) is 24.3 Å². The minimum Gasteiger partial charge on any atom is -0.372 e. The van der Waals surface area contributed by atoms with Crippen molar-refractivity contribution in [3.8, 4) is 0 Å². The molecule has 1 aromatic carbocycles. The van der Waals surface area contributed by atoms with Crippen LogP contribution in [0.5, 0.6) is 0 Å². The SMILES string of the molecule is Cc1cc(N(C)C(C)C)ccc1C=O. The molecule has 0 spiro atoms. The number of benzene rings is 1. The average molecular weight is 191 g/mol. The molecule has 0 saturated carbocycles. The van der Waals surface area contributed by atoms with E-state index < -0.39 is 0 Å². The standard InChI is InChI=1S/C12H17NO/c1-9(2)13(4)12-6-5-11(8-14)10(3)7-12/h5-9H,1-4H3. The van der Waals surface area contributed by atoms with Gasteiger partial charge in [0.1, 0.15) is 6.29 Å². The van der Waals surface area contributed by atoms with Gasteiger partial charge in [-0.2, -0.15) is 0 Å². The lowest BCUT2D eigenvalue weighted by Crippen LogP contribution is -2.25. The van der Waals surface area contributed by atoms with Crippen LogP contribution >= 0.6 is 0 Å². The Bertz CT molecular complexity index is 331. The van der Waals surface area contributed by atoms with Crippen molar-refractivity contribution in [3.63, 3.8) is 0 Å². The molecule has 1 aromatic rings. The first-order valence-electron chi connectivity index (χ1n) is 4.85. The minimum absolute atomic E-state index is 0.469. The predicted octanol–water partition coefficient (Wildman–Crippen LogP) is 2.65. The Kier molecular flexibility index (Phi) is 3.28. The molecule has 1 rings (SSSR count). The van der Waals surface area contributed by atoms with Gasteiger partial charge in [0.15, 0.2) is 0 Å². The molecule has 0 aliphatic rings. The van der Waals surface area contributed by atoms with Crippen molar-refractivity contribution in [2.45, 2.75) is 26.8 Å². The summed E-state index contributed by atoms with van der Waals surface area (Å²) in [6, 6.07) is 6.37. The summed E-state index contributed by atoms with van der Waals surface area (Å²) in [6.07, 6.45) is 0.897. The molecule has 0 aliphatic heterocycles. The highest BCUT2D eigenvalue weighted by atomic mass is 16.1. The first-order chi connectivity index (χ1) is 6.56. The van der Waals surface area contributed by atoms with Gasteiger partial charge in [-0.25, -0.2) is 0 Å². The van der Waals surface area contributed by atoms with Crippen LogP contribution in [-0.2, 0) is 0 Å². The molecule has 2 nitrogen and oxygen atoms in total. The molecule has 0 saturated heterocycles. The number of anilines is 1. The van der Waals surface area contributed by atoms with Crippen molar-refractivity contribution in [1.29, 1.82) is 0 Å².